The summed E-state index contributed by atoms with van der Waals surface area (Å²) in [4.78, 5) is 20.6. The lowest BCUT2D eigenvalue weighted by atomic mass is 10.2. The van der Waals surface area contributed by atoms with E-state index >= 15 is 0 Å². The van der Waals surface area contributed by atoms with Gasteiger partial charge in [0, 0.05) is 15.5 Å². The minimum atomic E-state index is -0.118. The van der Waals surface area contributed by atoms with Crippen molar-refractivity contribution in [1.29, 1.82) is 0 Å². The normalized spacial score (nSPS) is 11.0. The number of furan rings is 1. The zero-order valence-electron chi connectivity index (χ0n) is 14.4. The molecule has 2 heterocycles. The van der Waals surface area contributed by atoms with Crippen molar-refractivity contribution in [2.75, 3.05) is 11.2 Å². The number of rotatable bonds is 5. The maximum absolute atomic E-state index is 13.3. The largest absolute Gasteiger partial charge is 0.467 e. The molecule has 4 nitrogen and oxygen atoms in total. The highest BCUT2D eigenvalue weighted by Crippen LogP contribution is 2.32. The molecule has 0 unspecified atom stereocenters. The highest BCUT2D eigenvalue weighted by atomic mass is 35.5. The van der Waals surface area contributed by atoms with Crippen molar-refractivity contribution in [2.45, 2.75) is 11.4 Å². The van der Waals surface area contributed by atoms with E-state index in [1.165, 1.54) is 11.3 Å². The van der Waals surface area contributed by atoms with Crippen molar-refractivity contribution in [3.8, 4) is 0 Å². The average molecular weight is 415 g/mol. The molecule has 0 saturated carbocycles. The van der Waals surface area contributed by atoms with E-state index in [2.05, 4.69) is 4.98 Å². The zero-order valence-corrected chi connectivity index (χ0v) is 16.8. The summed E-state index contributed by atoms with van der Waals surface area (Å²) in [6, 6.07) is 16.8. The number of halogens is 1. The summed E-state index contributed by atoms with van der Waals surface area (Å²) in [5, 5.41) is 1.26. The standard InChI is InChI=1S/C20H15ClN2O2S2/c1-26-16-6-2-4-13(10-16)19(24)23(12-15-5-3-9-25-15)20-22-17-8-7-14(21)11-18(17)27-20/h2-11H,12H2,1H3. The molecule has 0 aliphatic heterocycles. The Balaban J connectivity index is 1.76. The smallest absolute Gasteiger partial charge is 0.260 e. The molecule has 0 spiro atoms. The van der Waals surface area contributed by atoms with Crippen LogP contribution in [0.4, 0.5) is 5.13 Å². The quantitative estimate of drug-likeness (QED) is 0.369. The third kappa shape index (κ3) is 3.88. The van der Waals surface area contributed by atoms with E-state index in [4.69, 9.17) is 16.0 Å². The molecule has 1 amide bonds. The van der Waals surface area contributed by atoms with Crippen molar-refractivity contribution in [3.05, 3.63) is 77.2 Å². The average Bonchev–Trinajstić information content (AvgIpc) is 3.34. The molecule has 0 atom stereocenters. The topological polar surface area (TPSA) is 46.3 Å². The van der Waals surface area contributed by atoms with Gasteiger partial charge in [0.15, 0.2) is 5.13 Å². The number of hydrogen-bond acceptors (Lipinski definition) is 5. The van der Waals surface area contributed by atoms with Crippen LogP contribution < -0.4 is 4.90 Å². The minimum absolute atomic E-state index is 0.118. The molecule has 0 aliphatic carbocycles. The van der Waals surface area contributed by atoms with E-state index in [0.29, 0.717) is 28.0 Å². The number of nitrogens with zero attached hydrogens (tertiary/aromatic N) is 2. The lowest BCUT2D eigenvalue weighted by Crippen LogP contribution is -2.30. The van der Waals surface area contributed by atoms with E-state index in [1.807, 2.05) is 54.8 Å². The number of thioether (sulfide) groups is 1. The number of aromatic nitrogens is 1. The lowest BCUT2D eigenvalue weighted by molar-refractivity contribution is 0.0983. The fraction of sp³-hybridized carbons (Fsp3) is 0.100. The van der Waals surface area contributed by atoms with Crippen LogP contribution in [0, 0.1) is 0 Å². The zero-order chi connectivity index (χ0) is 18.8. The third-order valence-electron chi connectivity index (χ3n) is 4.03. The summed E-state index contributed by atoms with van der Waals surface area (Å²) in [6.45, 7) is 0.308. The minimum Gasteiger partial charge on any atom is -0.467 e. The molecule has 0 aliphatic rings. The Bertz CT molecular complexity index is 1090. The predicted octanol–water partition coefficient (Wildman–Crippen LogP) is 6.11. The van der Waals surface area contributed by atoms with Crippen LogP contribution >= 0.6 is 34.7 Å². The monoisotopic (exact) mass is 414 g/mol. The van der Waals surface area contributed by atoms with Crippen LogP contribution in [0.3, 0.4) is 0 Å². The number of anilines is 1. The van der Waals surface area contributed by atoms with Crippen LogP contribution in [0.5, 0.6) is 0 Å². The molecule has 136 valence electrons. The first-order valence-electron chi connectivity index (χ1n) is 8.18. The molecular weight excluding hydrogens is 400 g/mol. The van der Waals surface area contributed by atoms with Gasteiger partial charge in [-0.2, -0.15) is 0 Å². The molecule has 0 N–H and O–H groups in total. The molecule has 27 heavy (non-hydrogen) atoms. The second-order valence-corrected chi connectivity index (χ2v) is 8.14. The van der Waals surface area contributed by atoms with Crippen LogP contribution in [-0.4, -0.2) is 17.1 Å². The Hall–Kier alpha value is -2.28. The number of carbonyl (C=O) groups excluding carboxylic acids is 1. The third-order valence-corrected chi connectivity index (χ3v) is 6.03. The number of hydrogen-bond donors (Lipinski definition) is 0. The molecule has 2 aromatic heterocycles. The summed E-state index contributed by atoms with van der Waals surface area (Å²) in [5.41, 5.74) is 1.43. The SMILES string of the molecule is CSc1cccc(C(=O)N(Cc2ccco2)c2nc3ccc(Cl)cc3s2)c1. The number of amides is 1. The number of fused-ring (bicyclic) bond motifs is 1. The van der Waals surface area contributed by atoms with Gasteiger partial charge < -0.3 is 4.42 Å². The Morgan fingerprint density at radius 2 is 2.11 bits per heavy atom. The molecule has 0 saturated heterocycles. The van der Waals surface area contributed by atoms with Crippen molar-refractivity contribution < 1.29 is 9.21 Å². The number of benzene rings is 2. The highest BCUT2D eigenvalue weighted by molar-refractivity contribution is 7.98. The van der Waals surface area contributed by atoms with Gasteiger partial charge >= 0.3 is 0 Å². The first-order valence-corrected chi connectivity index (χ1v) is 10.6. The molecule has 4 rings (SSSR count). The summed E-state index contributed by atoms with van der Waals surface area (Å²) in [6.07, 6.45) is 3.59. The lowest BCUT2D eigenvalue weighted by Gasteiger charge is -2.19. The Morgan fingerprint density at radius 3 is 2.89 bits per heavy atom. The molecule has 0 bridgehead atoms. The first kappa shape index (κ1) is 18.1. The summed E-state index contributed by atoms with van der Waals surface area (Å²) in [5.74, 6) is 0.578. The van der Waals surface area contributed by atoms with E-state index in [1.54, 1.807) is 29.0 Å². The predicted molar refractivity (Wildman–Crippen MR) is 112 cm³/mol. The van der Waals surface area contributed by atoms with Gasteiger partial charge in [-0.3, -0.25) is 9.69 Å². The second-order valence-electron chi connectivity index (χ2n) is 5.81. The fourth-order valence-electron chi connectivity index (χ4n) is 2.70. The maximum atomic E-state index is 13.3. The fourth-order valence-corrected chi connectivity index (χ4v) is 4.40. The van der Waals surface area contributed by atoms with Crippen LogP contribution in [0.1, 0.15) is 16.1 Å². The van der Waals surface area contributed by atoms with Gasteiger partial charge in [-0.15, -0.1) is 11.8 Å². The van der Waals surface area contributed by atoms with E-state index in [9.17, 15) is 4.79 Å². The van der Waals surface area contributed by atoms with E-state index < -0.39 is 0 Å². The summed E-state index contributed by atoms with van der Waals surface area (Å²) in [7, 11) is 0. The number of thiazole rings is 1. The first-order chi connectivity index (χ1) is 13.1. The summed E-state index contributed by atoms with van der Waals surface area (Å²) < 4.78 is 6.40. The van der Waals surface area contributed by atoms with Crippen molar-refractivity contribution in [2.24, 2.45) is 0 Å². The van der Waals surface area contributed by atoms with Crippen LogP contribution in [0.2, 0.25) is 5.02 Å². The Kier molecular flexibility index (Phi) is 5.20. The van der Waals surface area contributed by atoms with Gasteiger partial charge in [-0.1, -0.05) is 29.0 Å². The van der Waals surface area contributed by atoms with Gasteiger partial charge in [-0.05, 0) is 54.8 Å². The van der Waals surface area contributed by atoms with E-state index in [-0.39, 0.29) is 5.91 Å². The van der Waals surface area contributed by atoms with Crippen LogP contribution in [-0.2, 0) is 6.54 Å². The van der Waals surface area contributed by atoms with Crippen LogP contribution in [0.25, 0.3) is 10.2 Å². The van der Waals surface area contributed by atoms with Gasteiger partial charge in [0.05, 0.1) is 23.0 Å². The molecular formula is C20H15ClN2O2S2. The van der Waals surface area contributed by atoms with Gasteiger partial charge in [0.25, 0.3) is 5.91 Å². The molecule has 2 aromatic carbocycles. The molecule has 4 aromatic rings. The highest BCUT2D eigenvalue weighted by Gasteiger charge is 2.23. The molecule has 0 radical (unpaired) electrons. The van der Waals surface area contributed by atoms with Crippen LogP contribution in [0.15, 0.2) is 70.2 Å². The summed E-state index contributed by atoms with van der Waals surface area (Å²) >= 11 is 9.13. The second kappa shape index (κ2) is 7.76. The van der Waals surface area contributed by atoms with Gasteiger partial charge in [-0.25, -0.2) is 4.98 Å². The maximum Gasteiger partial charge on any atom is 0.260 e. The Morgan fingerprint density at radius 1 is 1.22 bits per heavy atom. The number of carbonyl (C=O) groups is 1. The van der Waals surface area contributed by atoms with Crippen molar-refractivity contribution in [3.63, 3.8) is 0 Å². The molecule has 0 fully saturated rings. The van der Waals surface area contributed by atoms with Crippen molar-refractivity contribution in [1.82, 2.24) is 4.98 Å². The Labute approximate surface area is 169 Å². The van der Waals surface area contributed by atoms with Gasteiger partial charge in [0.1, 0.15) is 5.76 Å². The molecule has 7 heteroatoms. The van der Waals surface area contributed by atoms with E-state index in [0.717, 1.165) is 15.1 Å². The van der Waals surface area contributed by atoms with Crippen molar-refractivity contribution >= 4 is 56.0 Å². The van der Waals surface area contributed by atoms with Gasteiger partial charge in [0.2, 0.25) is 0 Å².